The quantitative estimate of drug-likeness (QED) is 0.594. The number of fused-ring (bicyclic) bond motifs is 1. The van der Waals surface area contributed by atoms with Gasteiger partial charge in [0, 0.05) is 36.0 Å². The molecule has 31 heavy (non-hydrogen) atoms. The van der Waals surface area contributed by atoms with Crippen molar-refractivity contribution < 1.29 is 14.3 Å². The Kier molecular flexibility index (Phi) is 5.67. The van der Waals surface area contributed by atoms with Crippen molar-refractivity contribution in [3.63, 3.8) is 0 Å². The number of aromatic amines is 2. The number of hydrogen-bond donors (Lipinski definition) is 2. The number of pyridine rings is 1. The maximum atomic E-state index is 12.7. The Labute approximate surface area is 180 Å². The summed E-state index contributed by atoms with van der Waals surface area (Å²) in [4.78, 5) is 29.0. The molecular weight excluding hydrogens is 394 g/mol. The first kappa shape index (κ1) is 20.9. The first-order valence-electron chi connectivity index (χ1n) is 10.4. The van der Waals surface area contributed by atoms with E-state index in [2.05, 4.69) is 35.1 Å². The molecule has 0 radical (unpaired) electrons. The molecule has 3 aromatic rings. The number of carbonyl (C=O) groups is 1. The molecule has 1 aliphatic heterocycles. The van der Waals surface area contributed by atoms with Crippen LogP contribution in [0.2, 0.25) is 0 Å². The van der Waals surface area contributed by atoms with E-state index in [0.717, 1.165) is 35.4 Å². The van der Waals surface area contributed by atoms with E-state index in [1.54, 1.807) is 18.5 Å². The zero-order valence-corrected chi connectivity index (χ0v) is 18.0. The van der Waals surface area contributed by atoms with Crippen LogP contribution in [-0.2, 0) is 22.4 Å². The number of aromatic nitrogens is 3. The Morgan fingerprint density at radius 3 is 2.87 bits per heavy atom. The van der Waals surface area contributed by atoms with Gasteiger partial charge in [-0.15, -0.1) is 0 Å². The molecule has 0 amide bonds. The van der Waals surface area contributed by atoms with Crippen LogP contribution in [0.5, 0.6) is 5.75 Å². The van der Waals surface area contributed by atoms with Gasteiger partial charge in [0.1, 0.15) is 11.4 Å². The molecule has 1 aromatic carbocycles. The van der Waals surface area contributed by atoms with Crippen molar-refractivity contribution in [2.45, 2.75) is 51.0 Å². The zero-order chi connectivity index (χ0) is 22.0. The van der Waals surface area contributed by atoms with E-state index in [4.69, 9.17) is 9.47 Å². The lowest BCUT2D eigenvalue weighted by Gasteiger charge is -2.32. The predicted molar refractivity (Wildman–Crippen MR) is 116 cm³/mol. The summed E-state index contributed by atoms with van der Waals surface area (Å²) in [5.74, 6) is 0.0866. The third kappa shape index (κ3) is 4.55. The third-order valence-corrected chi connectivity index (χ3v) is 5.82. The van der Waals surface area contributed by atoms with E-state index in [1.165, 1.54) is 12.7 Å². The number of ether oxygens (including phenoxy) is 2. The highest BCUT2D eigenvalue weighted by atomic mass is 16.5. The van der Waals surface area contributed by atoms with Crippen LogP contribution in [0.1, 0.15) is 60.6 Å². The van der Waals surface area contributed by atoms with Crippen LogP contribution in [-0.4, -0.2) is 33.9 Å². The maximum Gasteiger partial charge on any atom is 0.306 e. The van der Waals surface area contributed by atoms with Crippen molar-refractivity contribution in [2.75, 3.05) is 7.11 Å². The highest BCUT2D eigenvalue weighted by Gasteiger charge is 2.28. The Morgan fingerprint density at radius 2 is 2.13 bits per heavy atom. The molecule has 7 nitrogen and oxygen atoms in total. The Morgan fingerprint density at radius 1 is 1.29 bits per heavy atom. The van der Waals surface area contributed by atoms with Crippen LogP contribution in [0.25, 0.3) is 0 Å². The van der Waals surface area contributed by atoms with Crippen LogP contribution < -0.4 is 10.3 Å². The summed E-state index contributed by atoms with van der Waals surface area (Å²) in [5, 5.41) is 5.71. The second-order valence-electron chi connectivity index (χ2n) is 8.57. The molecule has 1 aliphatic rings. The standard InChI is InChI=1S/C24H27N3O4/c1-24(2)9-8-16-11-15(6-7-20(16)31-24)12-19-22(23(29)27-26-19)18(13-21(28)30-3)17-5-4-10-25-14-17/h4-7,10-11,14,18H,8-9,12-13H2,1-3H3,(H2,26,27,29)/t18-/m0/s1. The SMILES string of the molecule is COC(=O)C[C@@H](c1cccnc1)c1c(Cc2ccc3c(c2)CCC(C)(C)O3)[nH][nH]c1=O. The highest BCUT2D eigenvalue weighted by Crippen LogP contribution is 2.34. The van der Waals surface area contributed by atoms with Gasteiger partial charge in [0.25, 0.3) is 5.56 Å². The normalized spacial score (nSPS) is 15.6. The zero-order valence-electron chi connectivity index (χ0n) is 18.0. The number of rotatable bonds is 6. The molecule has 3 heterocycles. The van der Waals surface area contributed by atoms with Gasteiger partial charge >= 0.3 is 5.97 Å². The molecule has 0 saturated heterocycles. The van der Waals surface area contributed by atoms with Crippen molar-refractivity contribution in [3.8, 4) is 5.75 Å². The Hall–Kier alpha value is -3.35. The van der Waals surface area contributed by atoms with Crippen LogP contribution in [0.3, 0.4) is 0 Å². The average molecular weight is 421 g/mol. The molecule has 1 atom stereocenters. The van der Waals surface area contributed by atoms with Gasteiger partial charge in [-0.05, 0) is 55.5 Å². The number of esters is 1. The lowest BCUT2D eigenvalue weighted by atomic mass is 9.87. The summed E-state index contributed by atoms with van der Waals surface area (Å²) in [7, 11) is 1.35. The fourth-order valence-electron chi connectivity index (χ4n) is 4.16. The fourth-order valence-corrected chi connectivity index (χ4v) is 4.16. The van der Waals surface area contributed by atoms with Gasteiger partial charge in [0.15, 0.2) is 0 Å². The van der Waals surface area contributed by atoms with Gasteiger partial charge in [-0.3, -0.25) is 19.7 Å². The van der Waals surface area contributed by atoms with E-state index < -0.39 is 5.92 Å². The summed E-state index contributed by atoms with van der Waals surface area (Å²) >= 11 is 0. The second kappa shape index (κ2) is 8.41. The summed E-state index contributed by atoms with van der Waals surface area (Å²) in [6, 6.07) is 9.83. The Balaban J connectivity index is 1.67. The van der Waals surface area contributed by atoms with E-state index in [-0.39, 0.29) is 23.6 Å². The third-order valence-electron chi connectivity index (χ3n) is 5.82. The number of benzene rings is 1. The minimum Gasteiger partial charge on any atom is -0.488 e. The van der Waals surface area contributed by atoms with Gasteiger partial charge in [-0.1, -0.05) is 18.2 Å². The van der Waals surface area contributed by atoms with E-state index in [9.17, 15) is 9.59 Å². The average Bonchev–Trinajstić information content (AvgIpc) is 3.11. The first-order valence-corrected chi connectivity index (χ1v) is 10.4. The maximum absolute atomic E-state index is 12.7. The lowest BCUT2D eigenvalue weighted by Crippen LogP contribution is -2.32. The summed E-state index contributed by atoms with van der Waals surface area (Å²) in [6.45, 7) is 4.20. The van der Waals surface area contributed by atoms with Crippen LogP contribution in [0.15, 0.2) is 47.5 Å². The van der Waals surface area contributed by atoms with Gasteiger partial charge in [-0.25, -0.2) is 0 Å². The predicted octanol–water partition coefficient (Wildman–Crippen LogP) is 3.49. The van der Waals surface area contributed by atoms with Crippen LogP contribution in [0, 0.1) is 0 Å². The molecule has 0 spiro atoms. The molecule has 0 aliphatic carbocycles. The lowest BCUT2D eigenvalue weighted by molar-refractivity contribution is -0.140. The van der Waals surface area contributed by atoms with Crippen molar-refractivity contribution in [1.82, 2.24) is 15.2 Å². The number of hydrogen-bond acceptors (Lipinski definition) is 5. The van der Waals surface area contributed by atoms with Gasteiger partial charge in [0.2, 0.25) is 0 Å². The highest BCUT2D eigenvalue weighted by molar-refractivity contribution is 5.71. The number of carbonyl (C=O) groups excluding carboxylic acids is 1. The second-order valence-corrected chi connectivity index (χ2v) is 8.57. The van der Waals surface area contributed by atoms with Crippen molar-refractivity contribution in [1.29, 1.82) is 0 Å². The first-order chi connectivity index (χ1) is 14.9. The molecule has 7 heteroatoms. The molecular formula is C24H27N3O4. The molecule has 2 N–H and O–H groups in total. The van der Waals surface area contributed by atoms with Gasteiger partial charge < -0.3 is 14.6 Å². The summed E-state index contributed by atoms with van der Waals surface area (Å²) < 4.78 is 11.0. The van der Waals surface area contributed by atoms with Crippen LogP contribution >= 0.6 is 0 Å². The Bertz CT molecular complexity index is 1130. The number of H-pyrrole nitrogens is 2. The monoisotopic (exact) mass is 421 g/mol. The largest absolute Gasteiger partial charge is 0.488 e. The number of methoxy groups -OCH3 is 1. The molecule has 2 aromatic heterocycles. The van der Waals surface area contributed by atoms with Gasteiger partial charge in [-0.2, -0.15) is 0 Å². The van der Waals surface area contributed by atoms with E-state index >= 15 is 0 Å². The molecule has 4 rings (SSSR count). The molecule has 0 fully saturated rings. The van der Waals surface area contributed by atoms with Crippen molar-refractivity contribution in [2.24, 2.45) is 0 Å². The number of nitrogens with one attached hydrogen (secondary N) is 2. The summed E-state index contributed by atoms with van der Waals surface area (Å²) in [5.41, 5.74) is 3.93. The molecule has 162 valence electrons. The van der Waals surface area contributed by atoms with Crippen LogP contribution in [0.4, 0.5) is 0 Å². The molecule has 0 bridgehead atoms. The number of nitrogens with zero attached hydrogens (tertiary/aromatic N) is 1. The minimum atomic E-state index is -0.451. The van der Waals surface area contributed by atoms with Crippen molar-refractivity contribution >= 4 is 5.97 Å². The smallest absolute Gasteiger partial charge is 0.306 e. The summed E-state index contributed by atoms with van der Waals surface area (Å²) in [6.07, 6.45) is 5.84. The fraction of sp³-hybridized carbons (Fsp3) is 0.375. The molecule has 0 saturated carbocycles. The van der Waals surface area contributed by atoms with Crippen molar-refractivity contribution in [3.05, 3.63) is 81.0 Å². The van der Waals surface area contributed by atoms with Gasteiger partial charge in [0.05, 0.1) is 13.5 Å². The minimum absolute atomic E-state index is 0.0588. The van der Waals surface area contributed by atoms with E-state index in [0.29, 0.717) is 12.0 Å². The topological polar surface area (TPSA) is 97.1 Å². The number of aryl methyl sites for hydroxylation is 1. The molecule has 0 unspecified atom stereocenters. The van der Waals surface area contributed by atoms with E-state index in [1.807, 2.05) is 18.2 Å².